The average molecular weight is 350 g/mol. The third-order valence-corrected chi connectivity index (χ3v) is 4.86. The van der Waals surface area contributed by atoms with Gasteiger partial charge in [-0.05, 0) is 29.5 Å². The lowest BCUT2D eigenvalue weighted by molar-refractivity contribution is -0.135. The fraction of sp³-hybridized carbons (Fsp3) is 0.364. The van der Waals surface area contributed by atoms with Crippen LogP contribution in [0.15, 0.2) is 54.6 Å². The predicted molar refractivity (Wildman–Crippen MR) is 103 cm³/mol. The van der Waals surface area contributed by atoms with Crippen LogP contribution in [0.3, 0.4) is 0 Å². The monoisotopic (exact) mass is 350 g/mol. The minimum atomic E-state index is -0.0765. The lowest BCUT2D eigenvalue weighted by Crippen LogP contribution is -2.41. The maximum Gasteiger partial charge on any atom is 0.223 e. The number of nitrogens with one attached hydrogen (secondary N) is 1. The van der Waals surface area contributed by atoms with Crippen molar-refractivity contribution >= 4 is 11.8 Å². The number of benzene rings is 2. The van der Waals surface area contributed by atoms with Crippen molar-refractivity contribution in [2.75, 3.05) is 13.1 Å². The Labute approximate surface area is 155 Å². The number of carbonyl (C=O) groups is 2. The molecule has 26 heavy (non-hydrogen) atoms. The summed E-state index contributed by atoms with van der Waals surface area (Å²) in [6, 6.07) is 18.4. The third kappa shape index (κ3) is 4.13. The highest BCUT2D eigenvalue weighted by Gasteiger charge is 2.31. The fourth-order valence-corrected chi connectivity index (χ4v) is 3.55. The first kappa shape index (κ1) is 18.2. The van der Waals surface area contributed by atoms with Crippen LogP contribution in [0.25, 0.3) is 0 Å². The molecule has 0 bridgehead atoms. The Balaban J connectivity index is 1.79. The van der Waals surface area contributed by atoms with Gasteiger partial charge in [0, 0.05) is 25.9 Å². The second-order valence-electron chi connectivity index (χ2n) is 6.70. The van der Waals surface area contributed by atoms with Crippen molar-refractivity contribution in [1.29, 1.82) is 0 Å². The van der Waals surface area contributed by atoms with Crippen molar-refractivity contribution < 1.29 is 9.59 Å². The fourth-order valence-electron chi connectivity index (χ4n) is 3.55. The number of hydrogen-bond donors (Lipinski definition) is 1. The first-order chi connectivity index (χ1) is 12.7. The molecule has 0 saturated heterocycles. The largest absolute Gasteiger partial charge is 0.356 e. The second kappa shape index (κ2) is 8.65. The van der Waals surface area contributed by atoms with Crippen molar-refractivity contribution in [2.45, 2.75) is 38.6 Å². The van der Waals surface area contributed by atoms with Crippen LogP contribution in [0, 0.1) is 0 Å². The topological polar surface area (TPSA) is 49.4 Å². The summed E-state index contributed by atoms with van der Waals surface area (Å²) >= 11 is 0. The van der Waals surface area contributed by atoms with E-state index in [1.807, 2.05) is 36.1 Å². The predicted octanol–water partition coefficient (Wildman–Crippen LogP) is 3.47. The van der Waals surface area contributed by atoms with E-state index < -0.39 is 0 Å². The first-order valence-corrected chi connectivity index (χ1v) is 9.39. The molecular weight excluding hydrogens is 324 g/mol. The molecule has 2 aromatic rings. The van der Waals surface area contributed by atoms with Crippen molar-refractivity contribution in [3.8, 4) is 0 Å². The van der Waals surface area contributed by atoms with Gasteiger partial charge in [-0.3, -0.25) is 9.59 Å². The molecule has 0 saturated carbocycles. The third-order valence-electron chi connectivity index (χ3n) is 4.86. The summed E-state index contributed by atoms with van der Waals surface area (Å²) in [6.45, 7) is 3.36. The molecule has 3 rings (SSSR count). The van der Waals surface area contributed by atoms with Gasteiger partial charge < -0.3 is 10.2 Å². The van der Waals surface area contributed by atoms with Gasteiger partial charge in [0.1, 0.15) is 0 Å². The van der Waals surface area contributed by atoms with E-state index in [9.17, 15) is 9.59 Å². The first-order valence-electron chi connectivity index (χ1n) is 9.39. The van der Waals surface area contributed by atoms with Crippen LogP contribution in [-0.2, 0) is 16.0 Å². The zero-order valence-electron chi connectivity index (χ0n) is 15.3. The summed E-state index contributed by atoms with van der Waals surface area (Å²) in [5.41, 5.74) is 3.60. The zero-order chi connectivity index (χ0) is 18.4. The van der Waals surface area contributed by atoms with E-state index in [2.05, 4.69) is 35.6 Å². The van der Waals surface area contributed by atoms with Crippen LogP contribution in [0.4, 0.5) is 0 Å². The number of carbonyl (C=O) groups excluding carboxylic acids is 2. The number of amides is 2. The van der Waals surface area contributed by atoms with E-state index in [0.717, 1.165) is 18.4 Å². The molecule has 0 aromatic heterocycles. The lowest BCUT2D eigenvalue weighted by atomic mass is 9.88. The van der Waals surface area contributed by atoms with E-state index in [0.29, 0.717) is 13.1 Å². The van der Waals surface area contributed by atoms with Gasteiger partial charge in [0.25, 0.3) is 0 Å². The highest BCUT2D eigenvalue weighted by Crippen LogP contribution is 2.35. The van der Waals surface area contributed by atoms with Crippen LogP contribution in [-0.4, -0.2) is 29.8 Å². The maximum atomic E-state index is 12.9. The highest BCUT2D eigenvalue weighted by atomic mass is 16.2. The van der Waals surface area contributed by atoms with Gasteiger partial charge in [-0.25, -0.2) is 0 Å². The second-order valence-corrected chi connectivity index (χ2v) is 6.70. The van der Waals surface area contributed by atoms with Crippen molar-refractivity contribution in [3.63, 3.8) is 0 Å². The summed E-state index contributed by atoms with van der Waals surface area (Å²) in [5.74, 6) is -0.00567. The Hall–Kier alpha value is -2.62. The Bertz CT molecular complexity index is 758. The molecule has 2 aromatic carbocycles. The molecule has 1 N–H and O–H groups in total. The minimum Gasteiger partial charge on any atom is -0.356 e. The van der Waals surface area contributed by atoms with E-state index >= 15 is 0 Å². The maximum absolute atomic E-state index is 12.9. The number of hydrogen-bond acceptors (Lipinski definition) is 2. The van der Waals surface area contributed by atoms with Crippen molar-refractivity contribution in [2.24, 2.45) is 0 Å². The van der Waals surface area contributed by atoms with Crippen LogP contribution >= 0.6 is 0 Å². The number of fused-ring (bicyclic) bond motifs is 1. The summed E-state index contributed by atoms with van der Waals surface area (Å²) in [6.07, 6.45) is 2.26. The molecule has 0 radical (unpaired) electrons. The standard InChI is InChI=1S/C22H26N2O2/c1-2-15-23-20(25)12-13-21(26)24-16-14-17-8-6-7-11-19(17)22(24)18-9-4-3-5-10-18/h3-11,22H,2,12-16H2,1H3,(H,23,25). The van der Waals surface area contributed by atoms with Gasteiger partial charge >= 0.3 is 0 Å². The molecule has 1 aliphatic rings. The van der Waals surface area contributed by atoms with Gasteiger partial charge in [-0.2, -0.15) is 0 Å². The Morgan fingerprint density at radius 2 is 1.77 bits per heavy atom. The Morgan fingerprint density at radius 3 is 2.54 bits per heavy atom. The Kier molecular flexibility index (Phi) is 6.05. The van der Waals surface area contributed by atoms with Gasteiger partial charge in [0.15, 0.2) is 0 Å². The summed E-state index contributed by atoms with van der Waals surface area (Å²) in [7, 11) is 0. The number of nitrogens with zero attached hydrogens (tertiary/aromatic N) is 1. The molecule has 136 valence electrons. The zero-order valence-corrected chi connectivity index (χ0v) is 15.3. The molecule has 1 unspecified atom stereocenters. The molecule has 0 fully saturated rings. The molecule has 0 spiro atoms. The van der Waals surface area contributed by atoms with E-state index in [4.69, 9.17) is 0 Å². The van der Waals surface area contributed by atoms with Crippen molar-refractivity contribution in [3.05, 3.63) is 71.3 Å². The molecular formula is C22H26N2O2. The number of rotatable bonds is 6. The van der Waals surface area contributed by atoms with Crippen molar-refractivity contribution in [1.82, 2.24) is 10.2 Å². The van der Waals surface area contributed by atoms with Crippen LogP contribution in [0.2, 0.25) is 0 Å². The molecule has 2 amide bonds. The van der Waals surface area contributed by atoms with Gasteiger partial charge in [-0.15, -0.1) is 0 Å². The summed E-state index contributed by atoms with van der Waals surface area (Å²) in [4.78, 5) is 26.7. The van der Waals surface area contributed by atoms with Crippen LogP contribution in [0.5, 0.6) is 0 Å². The molecule has 1 atom stereocenters. The normalized spacial score (nSPS) is 16.0. The smallest absolute Gasteiger partial charge is 0.223 e. The van der Waals surface area contributed by atoms with Crippen LogP contribution in [0.1, 0.15) is 48.9 Å². The molecule has 4 heteroatoms. The van der Waals surface area contributed by atoms with Gasteiger partial charge in [0.2, 0.25) is 11.8 Å². The average Bonchev–Trinajstić information content (AvgIpc) is 2.70. The highest BCUT2D eigenvalue weighted by molar-refractivity contribution is 5.84. The summed E-state index contributed by atoms with van der Waals surface area (Å²) < 4.78 is 0. The lowest BCUT2D eigenvalue weighted by Gasteiger charge is -2.38. The SMILES string of the molecule is CCCNC(=O)CCC(=O)N1CCc2ccccc2C1c1ccccc1. The van der Waals surface area contributed by atoms with E-state index in [-0.39, 0.29) is 30.7 Å². The van der Waals surface area contributed by atoms with Gasteiger partial charge in [0.05, 0.1) is 6.04 Å². The van der Waals surface area contributed by atoms with Gasteiger partial charge in [-0.1, -0.05) is 61.5 Å². The minimum absolute atomic E-state index is 0.0417. The molecule has 4 nitrogen and oxygen atoms in total. The quantitative estimate of drug-likeness (QED) is 0.867. The van der Waals surface area contributed by atoms with E-state index in [1.54, 1.807) is 0 Å². The van der Waals surface area contributed by atoms with E-state index in [1.165, 1.54) is 11.1 Å². The summed E-state index contributed by atoms with van der Waals surface area (Å²) in [5, 5.41) is 2.84. The molecule has 1 heterocycles. The molecule has 1 aliphatic heterocycles. The molecule has 0 aliphatic carbocycles. The van der Waals surface area contributed by atoms with Crippen LogP contribution < -0.4 is 5.32 Å². The Morgan fingerprint density at radius 1 is 1.04 bits per heavy atom.